The Kier molecular flexibility index (Phi) is 4.33. The number of alkyl halides is 3. The molecule has 0 atom stereocenters. The van der Waals surface area contributed by atoms with Crippen molar-refractivity contribution in [3.63, 3.8) is 0 Å². The fraction of sp³-hybridized carbons (Fsp3) is 0.417. The summed E-state index contributed by atoms with van der Waals surface area (Å²) in [6.07, 6.45) is -4.85. The van der Waals surface area contributed by atoms with Gasteiger partial charge in [0.15, 0.2) is 0 Å². The fourth-order valence-electron chi connectivity index (χ4n) is 2.07. The molecule has 1 saturated heterocycles. The van der Waals surface area contributed by atoms with Gasteiger partial charge < -0.3 is 20.5 Å². The molecule has 1 aromatic carbocycles. The molecule has 116 valence electrons. The van der Waals surface area contributed by atoms with Crippen LogP contribution in [-0.4, -0.2) is 36.1 Å². The monoisotopic (exact) mass is 368 g/mol. The molecule has 1 fully saturated rings. The molecule has 0 unspecified atom stereocenters. The van der Waals surface area contributed by atoms with Crippen LogP contribution >= 0.6 is 15.9 Å². The van der Waals surface area contributed by atoms with E-state index in [9.17, 15) is 18.0 Å². The van der Waals surface area contributed by atoms with Crippen molar-refractivity contribution < 1.29 is 27.8 Å². The Bertz CT molecular complexity index is 547. The lowest BCUT2D eigenvalue weighted by molar-refractivity contribution is -0.274. The normalized spacial score (nSPS) is 17.0. The van der Waals surface area contributed by atoms with Crippen LogP contribution in [-0.2, 0) is 4.79 Å². The summed E-state index contributed by atoms with van der Waals surface area (Å²) in [5, 5.41) is 14.9. The maximum atomic E-state index is 12.2. The van der Waals surface area contributed by atoms with Crippen LogP contribution in [0.1, 0.15) is 6.42 Å². The van der Waals surface area contributed by atoms with Gasteiger partial charge in [-0.2, -0.15) is 0 Å². The zero-order valence-corrected chi connectivity index (χ0v) is 12.2. The van der Waals surface area contributed by atoms with E-state index in [1.54, 1.807) is 0 Å². The van der Waals surface area contributed by atoms with Gasteiger partial charge >= 0.3 is 12.3 Å². The van der Waals surface area contributed by atoms with Gasteiger partial charge in [0.2, 0.25) is 0 Å². The van der Waals surface area contributed by atoms with Gasteiger partial charge in [-0.25, -0.2) is 0 Å². The Morgan fingerprint density at radius 2 is 2.14 bits per heavy atom. The first-order chi connectivity index (χ1) is 9.69. The minimum atomic E-state index is -4.76. The Morgan fingerprint density at radius 3 is 2.57 bits per heavy atom. The van der Waals surface area contributed by atoms with Gasteiger partial charge in [-0.1, -0.05) is 0 Å². The lowest BCUT2D eigenvalue weighted by Gasteiger charge is -2.43. The predicted molar refractivity (Wildman–Crippen MR) is 72.3 cm³/mol. The van der Waals surface area contributed by atoms with Crippen LogP contribution in [0.3, 0.4) is 0 Å². The molecule has 2 rings (SSSR count). The van der Waals surface area contributed by atoms with Crippen LogP contribution < -0.4 is 15.4 Å². The third kappa shape index (κ3) is 4.24. The predicted octanol–water partition coefficient (Wildman–Crippen LogP) is 2.58. The summed E-state index contributed by atoms with van der Waals surface area (Å²) in [5.74, 6) is -1.30. The average molecular weight is 369 g/mol. The molecule has 21 heavy (non-hydrogen) atoms. The summed E-state index contributed by atoms with van der Waals surface area (Å²) in [6, 6.07) is 4.00. The number of hydrogen-bond acceptors (Lipinski definition) is 4. The molecule has 3 N–H and O–H groups in total. The number of hydrogen-bond donors (Lipinski definition) is 3. The van der Waals surface area contributed by atoms with Crippen molar-refractivity contribution in [3.05, 3.63) is 22.7 Å². The molecule has 0 bridgehead atoms. The Hall–Kier alpha value is -1.48. The van der Waals surface area contributed by atoms with Crippen molar-refractivity contribution in [2.45, 2.75) is 18.3 Å². The van der Waals surface area contributed by atoms with E-state index < -0.39 is 17.9 Å². The maximum absolute atomic E-state index is 12.2. The second-order valence-electron chi connectivity index (χ2n) is 4.77. The topological polar surface area (TPSA) is 70.6 Å². The molecular formula is C12H12BrF3N2O3. The van der Waals surface area contributed by atoms with Crippen LogP contribution in [0.25, 0.3) is 0 Å². The maximum Gasteiger partial charge on any atom is 0.573 e. The van der Waals surface area contributed by atoms with Crippen LogP contribution in [0.15, 0.2) is 22.7 Å². The molecule has 1 aliphatic rings. The lowest BCUT2D eigenvalue weighted by atomic mass is 9.88. The highest BCUT2D eigenvalue weighted by Gasteiger charge is 2.39. The Morgan fingerprint density at radius 1 is 1.48 bits per heavy atom. The number of ether oxygens (including phenoxy) is 1. The quantitative estimate of drug-likeness (QED) is 0.745. The molecular weight excluding hydrogens is 357 g/mol. The Labute approximate surface area is 126 Å². The number of halogens is 4. The lowest BCUT2D eigenvalue weighted by Crippen LogP contribution is -2.65. The fourth-order valence-corrected chi connectivity index (χ4v) is 2.53. The van der Waals surface area contributed by atoms with E-state index in [0.29, 0.717) is 18.8 Å². The minimum absolute atomic E-state index is 0.0849. The van der Waals surface area contributed by atoms with Crippen molar-refractivity contribution >= 4 is 27.6 Å². The molecule has 0 aromatic heterocycles. The smallest absolute Gasteiger partial charge is 0.481 e. The first-order valence-corrected chi connectivity index (χ1v) is 6.74. The first-order valence-electron chi connectivity index (χ1n) is 5.95. The Balaban J connectivity index is 2.11. The molecule has 0 amide bonds. The van der Waals surface area contributed by atoms with Crippen molar-refractivity contribution in [2.24, 2.45) is 0 Å². The summed E-state index contributed by atoms with van der Waals surface area (Å²) < 4.78 is 40.5. The van der Waals surface area contributed by atoms with Gasteiger partial charge in [0, 0.05) is 18.8 Å². The largest absolute Gasteiger partial charge is 0.573 e. The summed E-state index contributed by atoms with van der Waals surface area (Å²) in [4.78, 5) is 10.9. The second-order valence-corrected chi connectivity index (χ2v) is 5.63. The number of carboxylic acid groups (broad SMARTS) is 1. The number of rotatable bonds is 5. The van der Waals surface area contributed by atoms with Crippen LogP contribution in [0.4, 0.5) is 18.9 Å². The summed E-state index contributed by atoms with van der Waals surface area (Å²) in [6.45, 7) is 0.940. The van der Waals surface area contributed by atoms with E-state index in [2.05, 4.69) is 31.3 Å². The van der Waals surface area contributed by atoms with Gasteiger partial charge in [-0.3, -0.25) is 4.79 Å². The standard InChI is InChI=1S/C12H12BrF3N2O3/c13-8-3-7(1-2-9(8)21-12(14,15)16)18-11(4-10(19)20)5-17-6-11/h1-3,17-18H,4-6H2,(H,19,20). The van der Waals surface area contributed by atoms with E-state index in [1.807, 2.05) is 0 Å². The van der Waals surface area contributed by atoms with E-state index >= 15 is 0 Å². The number of carboxylic acids is 1. The molecule has 0 radical (unpaired) electrons. The number of anilines is 1. The van der Waals surface area contributed by atoms with Gasteiger partial charge in [0.05, 0.1) is 16.4 Å². The van der Waals surface area contributed by atoms with Crippen molar-refractivity contribution in [1.29, 1.82) is 0 Å². The molecule has 1 aliphatic heterocycles. The van der Waals surface area contributed by atoms with E-state index in [-0.39, 0.29) is 16.6 Å². The van der Waals surface area contributed by atoms with Crippen LogP contribution in [0, 0.1) is 0 Å². The molecule has 0 aliphatic carbocycles. The van der Waals surface area contributed by atoms with Gasteiger partial charge in [-0.05, 0) is 34.1 Å². The zero-order chi connectivity index (χ0) is 15.7. The highest BCUT2D eigenvalue weighted by atomic mass is 79.9. The van der Waals surface area contributed by atoms with Gasteiger partial charge in [0.1, 0.15) is 5.75 Å². The highest BCUT2D eigenvalue weighted by Crippen LogP contribution is 2.34. The zero-order valence-electron chi connectivity index (χ0n) is 10.6. The molecule has 0 saturated carbocycles. The van der Waals surface area contributed by atoms with E-state index in [0.717, 1.165) is 0 Å². The summed E-state index contributed by atoms with van der Waals surface area (Å²) in [5.41, 5.74) is -0.114. The third-order valence-electron chi connectivity index (χ3n) is 2.98. The molecule has 1 heterocycles. The number of aliphatic carboxylic acids is 1. The van der Waals surface area contributed by atoms with E-state index in [4.69, 9.17) is 5.11 Å². The SMILES string of the molecule is O=C(O)CC1(Nc2ccc(OC(F)(F)F)c(Br)c2)CNC1. The minimum Gasteiger partial charge on any atom is -0.481 e. The van der Waals surface area contributed by atoms with Gasteiger partial charge in [0.25, 0.3) is 0 Å². The van der Waals surface area contributed by atoms with Crippen LogP contribution in [0.2, 0.25) is 0 Å². The molecule has 9 heteroatoms. The summed E-state index contributed by atoms with van der Waals surface area (Å²) >= 11 is 3.00. The number of carbonyl (C=O) groups is 1. The molecule has 1 aromatic rings. The van der Waals surface area contributed by atoms with Crippen molar-refractivity contribution in [1.82, 2.24) is 5.32 Å². The average Bonchev–Trinajstić information content (AvgIpc) is 2.27. The second kappa shape index (κ2) is 5.72. The van der Waals surface area contributed by atoms with Crippen molar-refractivity contribution in [3.8, 4) is 5.75 Å². The molecule has 0 spiro atoms. The van der Waals surface area contributed by atoms with E-state index in [1.165, 1.54) is 18.2 Å². The first kappa shape index (κ1) is 15.9. The number of nitrogens with one attached hydrogen (secondary N) is 2. The third-order valence-corrected chi connectivity index (χ3v) is 3.60. The molecule has 5 nitrogen and oxygen atoms in total. The summed E-state index contributed by atoms with van der Waals surface area (Å²) in [7, 11) is 0. The number of benzene rings is 1. The van der Waals surface area contributed by atoms with Crippen LogP contribution in [0.5, 0.6) is 5.75 Å². The van der Waals surface area contributed by atoms with Crippen molar-refractivity contribution in [2.75, 3.05) is 18.4 Å². The van der Waals surface area contributed by atoms with Gasteiger partial charge in [-0.15, -0.1) is 13.2 Å². The highest BCUT2D eigenvalue weighted by molar-refractivity contribution is 9.10.